The minimum atomic E-state index is -0.400. The number of hydrogen-bond donors (Lipinski definition) is 0. The molecule has 15 heavy (non-hydrogen) atoms. The molecule has 2 nitrogen and oxygen atoms in total. The standard InChI is InChI=1S/C11H11BrClNO/c1-2-9(7-14)15-11-4-3-8(6-13)5-10(11)12/h3-5,9H,2,6H2,1H3. The van der Waals surface area contributed by atoms with E-state index in [0.29, 0.717) is 18.1 Å². The van der Waals surface area contributed by atoms with E-state index in [4.69, 9.17) is 21.6 Å². The first kappa shape index (κ1) is 12.4. The van der Waals surface area contributed by atoms with Crippen molar-refractivity contribution >= 4 is 27.5 Å². The smallest absolute Gasteiger partial charge is 0.184 e. The third kappa shape index (κ3) is 3.40. The number of hydrogen-bond acceptors (Lipinski definition) is 2. The zero-order chi connectivity index (χ0) is 11.3. The van der Waals surface area contributed by atoms with E-state index < -0.39 is 6.10 Å². The van der Waals surface area contributed by atoms with Crippen LogP contribution >= 0.6 is 27.5 Å². The summed E-state index contributed by atoms with van der Waals surface area (Å²) in [4.78, 5) is 0. The molecule has 0 spiro atoms. The fourth-order valence-corrected chi connectivity index (χ4v) is 1.76. The molecule has 0 amide bonds. The first-order chi connectivity index (χ1) is 7.21. The number of nitrogens with zero attached hydrogens (tertiary/aromatic N) is 1. The lowest BCUT2D eigenvalue weighted by Gasteiger charge is -2.12. The fraction of sp³-hybridized carbons (Fsp3) is 0.364. The lowest BCUT2D eigenvalue weighted by Crippen LogP contribution is -2.12. The lowest BCUT2D eigenvalue weighted by atomic mass is 10.2. The summed E-state index contributed by atoms with van der Waals surface area (Å²) < 4.78 is 6.32. The Balaban J connectivity index is 2.83. The summed E-state index contributed by atoms with van der Waals surface area (Å²) in [6.45, 7) is 1.91. The van der Waals surface area contributed by atoms with Crippen LogP contribution < -0.4 is 4.74 Å². The maximum absolute atomic E-state index is 8.77. The van der Waals surface area contributed by atoms with Gasteiger partial charge in [0.2, 0.25) is 0 Å². The van der Waals surface area contributed by atoms with Gasteiger partial charge in [0.05, 0.1) is 4.47 Å². The van der Waals surface area contributed by atoms with Gasteiger partial charge in [-0.15, -0.1) is 11.6 Å². The van der Waals surface area contributed by atoms with E-state index in [1.807, 2.05) is 25.1 Å². The molecule has 1 aromatic carbocycles. The Bertz CT molecular complexity index is 375. The quantitative estimate of drug-likeness (QED) is 0.788. The second-order valence-electron chi connectivity index (χ2n) is 3.04. The normalized spacial score (nSPS) is 11.9. The Morgan fingerprint density at radius 2 is 2.33 bits per heavy atom. The van der Waals surface area contributed by atoms with E-state index >= 15 is 0 Å². The third-order valence-electron chi connectivity index (χ3n) is 1.93. The van der Waals surface area contributed by atoms with Crippen LogP contribution in [0.25, 0.3) is 0 Å². The molecule has 0 saturated carbocycles. The van der Waals surface area contributed by atoms with Crippen LogP contribution in [-0.4, -0.2) is 6.10 Å². The molecule has 0 heterocycles. The van der Waals surface area contributed by atoms with Crippen molar-refractivity contribution in [3.05, 3.63) is 28.2 Å². The van der Waals surface area contributed by atoms with E-state index in [0.717, 1.165) is 10.0 Å². The van der Waals surface area contributed by atoms with Gasteiger partial charge in [-0.05, 0) is 40.0 Å². The van der Waals surface area contributed by atoms with Crippen LogP contribution in [0.3, 0.4) is 0 Å². The van der Waals surface area contributed by atoms with E-state index in [2.05, 4.69) is 22.0 Å². The van der Waals surface area contributed by atoms with Crippen LogP contribution in [0.5, 0.6) is 5.75 Å². The van der Waals surface area contributed by atoms with Crippen LogP contribution in [0.2, 0.25) is 0 Å². The molecule has 0 N–H and O–H groups in total. The molecule has 1 aromatic rings. The second-order valence-corrected chi connectivity index (χ2v) is 4.16. The van der Waals surface area contributed by atoms with Gasteiger partial charge in [0.15, 0.2) is 6.10 Å². The van der Waals surface area contributed by atoms with E-state index in [1.165, 1.54) is 0 Å². The predicted molar refractivity (Wildman–Crippen MR) is 64.0 cm³/mol. The van der Waals surface area contributed by atoms with Gasteiger partial charge >= 0.3 is 0 Å². The summed E-state index contributed by atoms with van der Waals surface area (Å²) in [5.74, 6) is 1.14. The van der Waals surface area contributed by atoms with Crippen molar-refractivity contribution in [1.82, 2.24) is 0 Å². The number of rotatable bonds is 4. The van der Waals surface area contributed by atoms with Crippen molar-refractivity contribution in [1.29, 1.82) is 5.26 Å². The van der Waals surface area contributed by atoms with Crippen LogP contribution in [0.15, 0.2) is 22.7 Å². The molecule has 0 aliphatic heterocycles. The molecule has 0 fully saturated rings. The van der Waals surface area contributed by atoms with E-state index in [-0.39, 0.29) is 0 Å². The van der Waals surface area contributed by atoms with Crippen molar-refractivity contribution < 1.29 is 4.74 Å². The highest BCUT2D eigenvalue weighted by atomic mass is 79.9. The average molecular weight is 289 g/mol. The number of benzene rings is 1. The second kappa shape index (κ2) is 5.99. The molecule has 1 rings (SSSR count). The maximum Gasteiger partial charge on any atom is 0.184 e. The molecular formula is C11H11BrClNO. The largest absolute Gasteiger partial charge is 0.474 e. The molecule has 0 aliphatic carbocycles. The monoisotopic (exact) mass is 287 g/mol. The Kier molecular flexibility index (Phi) is 4.93. The van der Waals surface area contributed by atoms with E-state index in [9.17, 15) is 0 Å². The highest BCUT2D eigenvalue weighted by Crippen LogP contribution is 2.27. The Morgan fingerprint density at radius 3 is 2.80 bits per heavy atom. The molecule has 0 saturated heterocycles. The molecule has 0 aliphatic rings. The van der Waals surface area contributed by atoms with Gasteiger partial charge < -0.3 is 4.74 Å². The third-order valence-corrected chi connectivity index (χ3v) is 2.86. The molecule has 4 heteroatoms. The van der Waals surface area contributed by atoms with Gasteiger partial charge in [0.1, 0.15) is 11.8 Å². The average Bonchev–Trinajstić information content (AvgIpc) is 2.27. The lowest BCUT2D eigenvalue weighted by molar-refractivity contribution is 0.250. The van der Waals surface area contributed by atoms with Crippen molar-refractivity contribution in [2.75, 3.05) is 0 Å². The SMILES string of the molecule is CCC(C#N)Oc1ccc(CCl)cc1Br. The zero-order valence-electron chi connectivity index (χ0n) is 8.34. The summed E-state index contributed by atoms with van der Waals surface area (Å²) >= 11 is 9.08. The van der Waals surface area contributed by atoms with Gasteiger partial charge in [-0.3, -0.25) is 0 Å². The topological polar surface area (TPSA) is 33.0 Å². The molecule has 0 bridgehead atoms. The summed E-state index contributed by atoms with van der Waals surface area (Å²) in [7, 11) is 0. The van der Waals surface area contributed by atoms with Crippen LogP contribution in [0, 0.1) is 11.3 Å². The maximum atomic E-state index is 8.77. The van der Waals surface area contributed by atoms with Gasteiger partial charge in [-0.1, -0.05) is 13.0 Å². The van der Waals surface area contributed by atoms with Gasteiger partial charge in [-0.25, -0.2) is 0 Å². The number of nitriles is 1. The van der Waals surface area contributed by atoms with Crippen LogP contribution in [0.4, 0.5) is 0 Å². The fourth-order valence-electron chi connectivity index (χ4n) is 1.08. The van der Waals surface area contributed by atoms with E-state index in [1.54, 1.807) is 0 Å². The first-order valence-electron chi connectivity index (χ1n) is 4.62. The summed E-state index contributed by atoms with van der Waals surface area (Å²) in [5, 5.41) is 8.77. The highest BCUT2D eigenvalue weighted by Gasteiger charge is 2.09. The summed E-state index contributed by atoms with van der Waals surface area (Å²) in [6, 6.07) is 7.69. The number of ether oxygens (including phenoxy) is 1. The molecule has 0 radical (unpaired) electrons. The highest BCUT2D eigenvalue weighted by molar-refractivity contribution is 9.10. The summed E-state index contributed by atoms with van der Waals surface area (Å²) in [5.41, 5.74) is 1.01. The van der Waals surface area contributed by atoms with Gasteiger partial charge in [0, 0.05) is 5.88 Å². The van der Waals surface area contributed by atoms with Crippen LogP contribution in [-0.2, 0) is 5.88 Å². The molecule has 0 aromatic heterocycles. The Labute approximate surface area is 103 Å². The molecular weight excluding hydrogens is 277 g/mol. The number of halogens is 2. The van der Waals surface area contributed by atoms with Crippen molar-refractivity contribution in [2.24, 2.45) is 0 Å². The number of alkyl halides is 1. The summed E-state index contributed by atoms with van der Waals surface area (Å²) in [6.07, 6.45) is 0.267. The van der Waals surface area contributed by atoms with Crippen molar-refractivity contribution in [3.63, 3.8) is 0 Å². The molecule has 80 valence electrons. The van der Waals surface area contributed by atoms with Crippen molar-refractivity contribution in [3.8, 4) is 11.8 Å². The molecule has 1 unspecified atom stereocenters. The zero-order valence-corrected chi connectivity index (χ0v) is 10.7. The van der Waals surface area contributed by atoms with Crippen molar-refractivity contribution in [2.45, 2.75) is 25.3 Å². The molecule has 1 atom stereocenters. The Morgan fingerprint density at radius 1 is 1.60 bits per heavy atom. The minimum Gasteiger partial charge on any atom is -0.474 e. The minimum absolute atomic E-state index is 0.400. The Hall–Kier alpha value is -0.720. The van der Waals surface area contributed by atoms with Gasteiger partial charge in [0.25, 0.3) is 0 Å². The predicted octanol–water partition coefficient (Wildman–Crippen LogP) is 3.87. The van der Waals surface area contributed by atoms with Crippen LogP contribution in [0.1, 0.15) is 18.9 Å². The van der Waals surface area contributed by atoms with Gasteiger partial charge in [-0.2, -0.15) is 5.26 Å². The first-order valence-corrected chi connectivity index (χ1v) is 5.94.